The van der Waals surface area contributed by atoms with E-state index in [9.17, 15) is 13.2 Å². The first-order valence-electron chi connectivity index (χ1n) is 8.97. The van der Waals surface area contributed by atoms with E-state index in [4.69, 9.17) is 5.73 Å². The zero-order valence-electron chi connectivity index (χ0n) is 16.4. The van der Waals surface area contributed by atoms with Gasteiger partial charge in [0.2, 0.25) is 0 Å². The van der Waals surface area contributed by atoms with Gasteiger partial charge in [0.05, 0.1) is 10.4 Å². The molecule has 0 bridgehead atoms. The molecule has 0 spiro atoms. The Morgan fingerprint density at radius 1 is 1.07 bits per heavy atom. The Hall–Kier alpha value is -2.09. The third-order valence-corrected chi connectivity index (χ3v) is 6.18. The van der Waals surface area contributed by atoms with Crippen molar-refractivity contribution >= 4 is 34.0 Å². The van der Waals surface area contributed by atoms with Crippen LogP contribution in [0.5, 0.6) is 0 Å². The molecule has 2 aromatic rings. The Kier molecular flexibility index (Phi) is 8.48. The van der Waals surface area contributed by atoms with Crippen LogP contribution in [0.3, 0.4) is 0 Å². The number of sulfonamides is 1. The van der Waals surface area contributed by atoms with Crippen molar-refractivity contribution in [2.24, 2.45) is 5.73 Å². The summed E-state index contributed by atoms with van der Waals surface area (Å²) in [5.74, 6) is -0.336. The minimum Gasteiger partial charge on any atom is -0.345 e. The molecule has 6 nitrogen and oxygen atoms in total. The highest BCUT2D eigenvalue weighted by molar-refractivity contribution is 7.92. The van der Waals surface area contributed by atoms with Crippen LogP contribution >= 0.6 is 12.4 Å². The van der Waals surface area contributed by atoms with E-state index in [1.165, 1.54) is 12.1 Å². The van der Waals surface area contributed by atoms with E-state index >= 15 is 0 Å². The summed E-state index contributed by atoms with van der Waals surface area (Å²) in [5, 5.41) is 2.95. The lowest BCUT2D eigenvalue weighted by Gasteiger charge is -2.31. The van der Waals surface area contributed by atoms with Crippen LogP contribution in [0.25, 0.3) is 0 Å². The molecule has 2 aromatic carbocycles. The normalized spacial score (nSPS) is 11.4. The lowest BCUT2D eigenvalue weighted by Crippen LogP contribution is -2.52. The van der Waals surface area contributed by atoms with Gasteiger partial charge in [0.25, 0.3) is 15.9 Å². The zero-order chi connectivity index (χ0) is 20.1. The van der Waals surface area contributed by atoms with Crippen LogP contribution in [0.2, 0.25) is 0 Å². The number of anilines is 1. The minimum atomic E-state index is -3.80. The average Bonchev–Trinajstić information content (AvgIpc) is 2.66. The third-order valence-electron chi connectivity index (χ3n) is 4.80. The first kappa shape index (κ1) is 23.9. The Labute approximate surface area is 173 Å². The van der Waals surface area contributed by atoms with Crippen LogP contribution in [0.15, 0.2) is 53.4 Å². The molecule has 0 saturated heterocycles. The number of halogens is 1. The van der Waals surface area contributed by atoms with E-state index in [-0.39, 0.29) is 28.8 Å². The van der Waals surface area contributed by atoms with Crippen LogP contribution in [-0.4, -0.2) is 26.4 Å². The summed E-state index contributed by atoms with van der Waals surface area (Å²) in [5.41, 5.74) is 7.04. The Bertz CT molecular complexity index is 904. The van der Waals surface area contributed by atoms with Gasteiger partial charge >= 0.3 is 0 Å². The van der Waals surface area contributed by atoms with Crippen molar-refractivity contribution < 1.29 is 13.2 Å². The van der Waals surface area contributed by atoms with E-state index in [2.05, 4.69) is 10.0 Å². The fraction of sp³-hybridized carbons (Fsp3) is 0.350. The van der Waals surface area contributed by atoms with Gasteiger partial charge in [-0.15, -0.1) is 12.4 Å². The summed E-state index contributed by atoms with van der Waals surface area (Å²) in [6, 6.07) is 13.1. The molecule has 0 aromatic heterocycles. The minimum absolute atomic E-state index is 0. The van der Waals surface area contributed by atoms with Gasteiger partial charge < -0.3 is 11.1 Å². The van der Waals surface area contributed by atoms with Crippen molar-refractivity contribution in [3.8, 4) is 0 Å². The molecular formula is C20H28ClN3O3S. The molecule has 0 aliphatic heterocycles. The second-order valence-corrected chi connectivity index (χ2v) is 8.33. The maximum atomic E-state index is 12.7. The number of hydrogen-bond donors (Lipinski definition) is 3. The van der Waals surface area contributed by atoms with Crippen LogP contribution in [0, 0.1) is 6.92 Å². The summed E-state index contributed by atoms with van der Waals surface area (Å²) in [6.07, 6.45) is 1.39. The second kappa shape index (κ2) is 9.91. The molecule has 154 valence electrons. The Balaban J connectivity index is 0.00000392. The lowest BCUT2D eigenvalue weighted by atomic mass is 9.92. The highest BCUT2D eigenvalue weighted by Crippen LogP contribution is 2.19. The van der Waals surface area contributed by atoms with Crippen molar-refractivity contribution in [2.75, 3.05) is 11.3 Å². The fourth-order valence-electron chi connectivity index (χ4n) is 2.81. The summed E-state index contributed by atoms with van der Waals surface area (Å²) < 4.78 is 27.9. The van der Waals surface area contributed by atoms with E-state index in [1.807, 2.05) is 26.8 Å². The first-order valence-corrected chi connectivity index (χ1v) is 10.5. The monoisotopic (exact) mass is 425 g/mol. The van der Waals surface area contributed by atoms with E-state index < -0.39 is 15.6 Å². The van der Waals surface area contributed by atoms with Gasteiger partial charge in [0.1, 0.15) is 0 Å². The number of nitrogens with two attached hydrogens (primary N) is 1. The Morgan fingerprint density at radius 3 is 2.29 bits per heavy atom. The number of nitrogens with one attached hydrogen (secondary N) is 2. The summed E-state index contributed by atoms with van der Waals surface area (Å²) >= 11 is 0. The third kappa shape index (κ3) is 5.70. The maximum absolute atomic E-state index is 12.7. The zero-order valence-corrected chi connectivity index (χ0v) is 18.0. The molecule has 0 aliphatic carbocycles. The molecule has 28 heavy (non-hydrogen) atoms. The van der Waals surface area contributed by atoms with Crippen LogP contribution in [-0.2, 0) is 10.0 Å². The summed E-state index contributed by atoms with van der Waals surface area (Å²) in [6.45, 7) is 6.12. The molecule has 0 heterocycles. The molecular weight excluding hydrogens is 398 g/mol. The average molecular weight is 426 g/mol. The molecule has 0 unspecified atom stereocenters. The van der Waals surface area contributed by atoms with Gasteiger partial charge in [-0.05, 0) is 55.7 Å². The molecule has 0 fully saturated rings. The topological polar surface area (TPSA) is 101 Å². The predicted molar refractivity (Wildman–Crippen MR) is 116 cm³/mol. The lowest BCUT2D eigenvalue weighted by molar-refractivity contribution is 0.0895. The molecule has 0 radical (unpaired) electrons. The van der Waals surface area contributed by atoms with Gasteiger partial charge in [-0.1, -0.05) is 32.0 Å². The number of amides is 1. The summed E-state index contributed by atoms with van der Waals surface area (Å²) in [7, 11) is -3.80. The van der Waals surface area contributed by atoms with Crippen LogP contribution in [0.1, 0.15) is 42.6 Å². The van der Waals surface area contributed by atoms with Crippen LogP contribution in [0.4, 0.5) is 5.69 Å². The molecule has 1 amide bonds. The van der Waals surface area contributed by atoms with E-state index in [0.29, 0.717) is 25.1 Å². The number of aryl methyl sites for hydroxylation is 1. The standard InChI is InChI=1S/C20H27N3O3S.ClH/c1-4-20(5-2,14-21)22-19(24)16-9-7-11-18(13-16)27(25,26)23-17-10-6-8-15(3)12-17;/h6-13,23H,4-5,14,21H2,1-3H3,(H,22,24);1H. The molecule has 0 atom stereocenters. The number of benzene rings is 2. The van der Waals surface area contributed by atoms with Crippen molar-refractivity contribution in [1.82, 2.24) is 5.32 Å². The molecule has 0 saturated carbocycles. The number of carbonyl (C=O) groups excluding carboxylic acids is 1. The van der Waals surface area contributed by atoms with Gasteiger partial charge in [-0.25, -0.2) is 8.42 Å². The molecule has 8 heteroatoms. The quantitative estimate of drug-likeness (QED) is 0.602. The first-order chi connectivity index (χ1) is 12.7. The number of carbonyl (C=O) groups is 1. The smallest absolute Gasteiger partial charge is 0.261 e. The molecule has 2 rings (SSSR count). The largest absolute Gasteiger partial charge is 0.345 e. The van der Waals surface area contributed by atoms with Gasteiger partial charge in [-0.2, -0.15) is 0 Å². The second-order valence-electron chi connectivity index (χ2n) is 6.65. The maximum Gasteiger partial charge on any atom is 0.261 e. The SMILES string of the molecule is CCC(CC)(CN)NC(=O)c1cccc(S(=O)(=O)Nc2cccc(C)c2)c1.Cl. The molecule has 0 aliphatic rings. The van der Waals surface area contributed by atoms with E-state index in [0.717, 1.165) is 5.56 Å². The van der Waals surface area contributed by atoms with Gasteiger partial charge in [0, 0.05) is 17.8 Å². The highest BCUT2D eigenvalue weighted by Gasteiger charge is 2.27. The summed E-state index contributed by atoms with van der Waals surface area (Å²) in [4.78, 5) is 12.7. The predicted octanol–water partition coefficient (Wildman–Crippen LogP) is 3.46. The number of hydrogen-bond acceptors (Lipinski definition) is 4. The molecule has 4 N–H and O–H groups in total. The van der Waals surface area contributed by atoms with Crippen molar-refractivity contribution in [2.45, 2.75) is 44.0 Å². The van der Waals surface area contributed by atoms with Crippen LogP contribution < -0.4 is 15.8 Å². The fourth-order valence-corrected chi connectivity index (χ4v) is 3.90. The number of rotatable bonds is 8. The van der Waals surface area contributed by atoms with Crippen molar-refractivity contribution in [1.29, 1.82) is 0 Å². The van der Waals surface area contributed by atoms with Crippen molar-refractivity contribution in [3.05, 3.63) is 59.7 Å². The Morgan fingerprint density at radius 2 is 1.71 bits per heavy atom. The van der Waals surface area contributed by atoms with E-state index in [1.54, 1.807) is 30.3 Å². The van der Waals surface area contributed by atoms with Crippen molar-refractivity contribution in [3.63, 3.8) is 0 Å². The highest BCUT2D eigenvalue weighted by atomic mass is 35.5. The van der Waals surface area contributed by atoms with Gasteiger partial charge in [-0.3, -0.25) is 9.52 Å². The van der Waals surface area contributed by atoms with Gasteiger partial charge in [0.15, 0.2) is 0 Å².